The van der Waals surface area contributed by atoms with Crippen LogP contribution >= 0.6 is 0 Å². The fraction of sp³-hybridized carbons (Fsp3) is 0.179. The van der Waals surface area contributed by atoms with Crippen LogP contribution in [0.4, 0.5) is 0 Å². The van der Waals surface area contributed by atoms with Crippen molar-refractivity contribution in [3.8, 4) is 0 Å². The van der Waals surface area contributed by atoms with E-state index in [1.165, 1.54) is 48.7 Å². The maximum atomic E-state index is 12.6. The summed E-state index contributed by atoms with van der Waals surface area (Å²) in [5.41, 5.74) is 6.96. The van der Waals surface area contributed by atoms with Gasteiger partial charge in [-0.05, 0) is 79.1 Å². The molecule has 0 saturated heterocycles. The van der Waals surface area contributed by atoms with Gasteiger partial charge < -0.3 is 4.98 Å². The number of rotatable bonds is 4. The summed E-state index contributed by atoms with van der Waals surface area (Å²) >= 11 is 0. The first-order valence-corrected chi connectivity index (χ1v) is 11.3. The van der Waals surface area contributed by atoms with E-state index in [4.69, 9.17) is 0 Å². The van der Waals surface area contributed by atoms with Crippen molar-refractivity contribution in [1.29, 1.82) is 0 Å². The number of aromatic amines is 1. The normalized spacial score (nSPS) is 13.6. The molecule has 0 atom stereocenters. The lowest BCUT2D eigenvalue weighted by Crippen LogP contribution is -2.30. The molecule has 2 amide bonds. The minimum Gasteiger partial charge on any atom is -0.354 e. The predicted molar refractivity (Wildman–Crippen MR) is 131 cm³/mol. The second-order valence-electron chi connectivity index (χ2n) is 8.84. The molecule has 1 aliphatic heterocycles. The summed E-state index contributed by atoms with van der Waals surface area (Å²) in [5.74, 6) is -0.372. The van der Waals surface area contributed by atoms with E-state index in [1.54, 1.807) is 24.3 Å². The van der Waals surface area contributed by atoms with Gasteiger partial charge in [0, 0.05) is 40.6 Å². The predicted octanol–water partition coefficient (Wildman–Crippen LogP) is 5.71. The third-order valence-electron chi connectivity index (χ3n) is 6.97. The van der Waals surface area contributed by atoms with Gasteiger partial charge in [-0.3, -0.25) is 19.5 Å². The van der Waals surface area contributed by atoms with Crippen molar-refractivity contribution in [2.45, 2.75) is 26.7 Å². The van der Waals surface area contributed by atoms with Gasteiger partial charge in [-0.1, -0.05) is 18.2 Å². The average molecular weight is 434 g/mol. The Labute approximate surface area is 191 Å². The molecule has 0 bridgehead atoms. The number of fused-ring (bicyclic) bond motifs is 5. The molecule has 2 aromatic heterocycles. The summed E-state index contributed by atoms with van der Waals surface area (Å²) in [6.45, 7) is 4.74. The van der Waals surface area contributed by atoms with Crippen molar-refractivity contribution < 1.29 is 9.59 Å². The summed E-state index contributed by atoms with van der Waals surface area (Å²) in [6, 6.07) is 15.6. The molecule has 5 aromatic rings. The number of hydrogen-bond acceptors (Lipinski definition) is 3. The molecule has 1 N–H and O–H groups in total. The van der Waals surface area contributed by atoms with Gasteiger partial charge in [0.2, 0.25) is 0 Å². The van der Waals surface area contributed by atoms with Crippen LogP contribution in [0.5, 0.6) is 0 Å². The number of imide groups is 1. The molecule has 0 spiro atoms. The van der Waals surface area contributed by atoms with Crippen molar-refractivity contribution in [3.63, 3.8) is 0 Å². The highest BCUT2D eigenvalue weighted by Crippen LogP contribution is 2.36. The lowest BCUT2D eigenvalue weighted by molar-refractivity contribution is 0.0652. The van der Waals surface area contributed by atoms with Crippen LogP contribution in [0.2, 0.25) is 0 Å². The molecule has 0 saturated carbocycles. The van der Waals surface area contributed by atoms with Gasteiger partial charge in [-0.2, -0.15) is 0 Å². The Morgan fingerprint density at radius 1 is 0.879 bits per heavy atom. The maximum Gasteiger partial charge on any atom is 0.261 e. The highest BCUT2D eigenvalue weighted by Gasteiger charge is 2.34. The van der Waals surface area contributed by atoms with Crippen molar-refractivity contribution >= 4 is 44.4 Å². The summed E-state index contributed by atoms with van der Waals surface area (Å²) in [5, 5.41) is 4.85. The van der Waals surface area contributed by atoms with Gasteiger partial charge in [0.1, 0.15) is 0 Å². The molecule has 0 aliphatic carbocycles. The second-order valence-corrected chi connectivity index (χ2v) is 8.84. The van der Waals surface area contributed by atoms with Gasteiger partial charge in [-0.15, -0.1) is 0 Å². The zero-order valence-corrected chi connectivity index (χ0v) is 18.6. The zero-order chi connectivity index (χ0) is 22.7. The number of carbonyl (C=O) groups excluding carboxylic acids is 2. The number of pyridine rings is 1. The molecule has 162 valence electrons. The van der Waals surface area contributed by atoms with Crippen LogP contribution in [0, 0.1) is 13.8 Å². The number of nitrogens with zero attached hydrogens (tertiary/aromatic N) is 2. The molecule has 0 radical (unpaired) electrons. The molecule has 1 aliphatic rings. The molecule has 0 unspecified atom stereocenters. The number of benzene rings is 3. The van der Waals surface area contributed by atoms with E-state index >= 15 is 0 Å². The molecule has 5 nitrogen and oxygen atoms in total. The van der Waals surface area contributed by atoms with E-state index in [1.807, 2.05) is 12.4 Å². The zero-order valence-electron chi connectivity index (χ0n) is 18.6. The van der Waals surface area contributed by atoms with Crippen LogP contribution in [0.3, 0.4) is 0 Å². The van der Waals surface area contributed by atoms with Gasteiger partial charge in [0.05, 0.1) is 16.6 Å². The van der Waals surface area contributed by atoms with Gasteiger partial charge in [0.15, 0.2) is 0 Å². The molecule has 3 heterocycles. The monoisotopic (exact) mass is 433 g/mol. The highest BCUT2D eigenvalue weighted by atomic mass is 16.2. The smallest absolute Gasteiger partial charge is 0.261 e. The number of nitrogens with one attached hydrogen (secondary N) is 1. The minimum atomic E-state index is -0.186. The minimum absolute atomic E-state index is 0.186. The Morgan fingerprint density at radius 2 is 1.64 bits per heavy atom. The van der Waals surface area contributed by atoms with Crippen molar-refractivity contribution in [1.82, 2.24) is 14.9 Å². The van der Waals surface area contributed by atoms with Crippen molar-refractivity contribution in [2.24, 2.45) is 0 Å². The lowest BCUT2D eigenvalue weighted by Gasteiger charge is -2.13. The van der Waals surface area contributed by atoms with Crippen LogP contribution in [-0.2, 0) is 6.42 Å². The van der Waals surface area contributed by atoms with Crippen LogP contribution < -0.4 is 0 Å². The van der Waals surface area contributed by atoms with E-state index in [0.717, 1.165) is 18.4 Å². The standard InChI is InChI=1S/C28H23N3O2/c1-16-23-15-29-12-11-19(23)17(2)26-25(16)22-14-18(9-10-24(22)30-26)6-5-13-31-27(32)20-7-3-4-8-21(20)28(31)33/h3-4,7-12,14-15,30H,5-6,13H2,1-2H3. The number of H-pyrrole nitrogens is 1. The van der Waals surface area contributed by atoms with Gasteiger partial charge in [0.25, 0.3) is 11.8 Å². The fourth-order valence-electron chi connectivity index (χ4n) is 5.24. The first kappa shape index (κ1) is 19.7. The quantitative estimate of drug-likeness (QED) is 0.369. The summed E-state index contributed by atoms with van der Waals surface area (Å²) in [7, 11) is 0. The number of aryl methyl sites for hydroxylation is 3. The van der Waals surface area contributed by atoms with Crippen LogP contribution in [0.15, 0.2) is 60.9 Å². The lowest BCUT2D eigenvalue weighted by atomic mass is 9.96. The third-order valence-corrected chi connectivity index (χ3v) is 6.97. The first-order chi connectivity index (χ1) is 16.0. The Hall–Kier alpha value is -3.99. The molecular weight excluding hydrogens is 410 g/mol. The van der Waals surface area contributed by atoms with Gasteiger partial charge >= 0.3 is 0 Å². The number of carbonyl (C=O) groups is 2. The topological polar surface area (TPSA) is 66.1 Å². The maximum absolute atomic E-state index is 12.6. The van der Waals surface area contributed by atoms with Crippen LogP contribution in [0.1, 0.15) is 43.8 Å². The SMILES string of the molecule is Cc1c2ccncc2c(C)c2c1[nH]c1ccc(CCCN3C(=O)c4ccccc4C3=O)cc12. The molecule has 33 heavy (non-hydrogen) atoms. The Bertz CT molecular complexity index is 1580. The fourth-order valence-corrected chi connectivity index (χ4v) is 5.24. The Kier molecular flexibility index (Phi) is 4.34. The first-order valence-electron chi connectivity index (χ1n) is 11.3. The molecule has 6 rings (SSSR count). The van der Waals surface area contributed by atoms with Crippen molar-refractivity contribution in [2.75, 3.05) is 6.54 Å². The van der Waals surface area contributed by atoms with Crippen molar-refractivity contribution in [3.05, 3.63) is 88.7 Å². The summed E-state index contributed by atoms with van der Waals surface area (Å²) < 4.78 is 0. The average Bonchev–Trinajstić information content (AvgIpc) is 3.34. The van der Waals surface area contributed by atoms with E-state index in [0.29, 0.717) is 17.7 Å². The van der Waals surface area contributed by atoms with E-state index < -0.39 is 0 Å². The highest BCUT2D eigenvalue weighted by molar-refractivity contribution is 6.21. The molecule has 3 aromatic carbocycles. The van der Waals surface area contributed by atoms with E-state index in [9.17, 15) is 9.59 Å². The Balaban J connectivity index is 1.30. The summed E-state index contributed by atoms with van der Waals surface area (Å²) in [4.78, 5) is 34.5. The summed E-state index contributed by atoms with van der Waals surface area (Å²) in [6.07, 6.45) is 5.31. The van der Waals surface area contributed by atoms with Gasteiger partial charge in [-0.25, -0.2) is 0 Å². The Morgan fingerprint density at radius 3 is 2.39 bits per heavy atom. The van der Waals surface area contributed by atoms with E-state index in [-0.39, 0.29) is 11.8 Å². The van der Waals surface area contributed by atoms with Crippen LogP contribution in [-0.4, -0.2) is 33.2 Å². The third kappa shape index (κ3) is 2.89. The van der Waals surface area contributed by atoms with E-state index in [2.05, 4.69) is 48.1 Å². The molecular formula is C28H23N3O2. The number of hydrogen-bond donors (Lipinski definition) is 1. The molecule has 0 fully saturated rings. The largest absolute Gasteiger partial charge is 0.354 e. The second kappa shape index (κ2) is 7.27. The van der Waals surface area contributed by atoms with Crippen LogP contribution in [0.25, 0.3) is 32.6 Å². The number of aromatic nitrogens is 2. The molecule has 5 heteroatoms. The number of amides is 2.